The van der Waals surface area contributed by atoms with E-state index in [0.717, 1.165) is 52.4 Å². The summed E-state index contributed by atoms with van der Waals surface area (Å²) in [5.41, 5.74) is 4.30. The maximum absolute atomic E-state index is 6.32. The number of nitrogens with one attached hydrogen (secondary N) is 2. The van der Waals surface area contributed by atoms with E-state index in [1.54, 1.807) is 6.20 Å². The van der Waals surface area contributed by atoms with Crippen LogP contribution in [0.4, 0.5) is 5.82 Å². The summed E-state index contributed by atoms with van der Waals surface area (Å²) in [6.45, 7) is 0.817. The predicted octanol–water partition coefficient (Wildman–Crippen LogP) is 5.51. The van der Waals surface area contributed by atoms with Crippen LogP contribution >= 0.6 is 23.2 Å². The van der Waals surface area contributed by atoms with Crippen LogP contribution in [0.3, 0.4) is 0 Å². The first-order chi connectivity index (χ1) is 13.2. The lowest BCUT2D eigenvalue weighted by Gasteiger charge is -2.07. The van der Waals surface area contributed by atoms with E-state index >= 15 is 0 Å². The molecule has 3 heterocycles. The standard InChI is InChI=1S/C21H18Cl2N4/c22-17-4-1-14(2-5-17)7-9-24-19-6-3-15(12-26-19)11-16-13-27-21-20(16)18(23)8-10-25-21/h1-6,8,10,12-13H,7,9,11H2,(H,24,26)(H,25,27). The molecule has 3 aromatic heterocycles. The Balaban J connectivity index is 1.38. The van der Waals surface area contributed by atoms with E-state index in [1.807, 2.05) is 48.8 Å². The molecule has 2 N–H and O–H groups in total. The fourth-order valence-electron chi connectivity index (χ4n) is 3.06. The van der Waals surface area contributed by atoms with E-state index in [9.17, 15) is 0 Å². The Morgan fingerprint density at radius 1 is 0.926 bits per heavy atom. The van der Waals surface area contributed by atoms with Gasteiger partial charge in [0.15, 0.2) is 0 Å². The van der Waals surface area contributed by atoms with Gasteiger partial charge in [0.25, 0.3) is 0 Å². The molecule has 0 unspecified atom stereocenters. The Kier molecular flexibility index (Phi) is 5.28. The number of aromatic nitrogens is 3. The number of aromatic amines is 1. The first kappa shape index (κ1) is 17.8. The number of fused-ring (bicyclic) bond motifs is 1. The average Bonchev–Trinajstić information content (AvgIpc) is 3.09. The first-order valence-corrected chi connectivity index (χ1v) is 9.48. The monoisotopic (exact) mass is 396 g/mol. The number of H-pyrrole nitrogens is 1. The lowest BCUT2D eigenvalue weighted by atomic mass is 10.1. The molecule has 0 amide bonds. The lowest BCUT2D eigenvalue weighted by Crippen LogP contribution is -2.06. The molecule has 0 radical (unpaired) electrons. The van der Waals surface area contributed by atoms with Gasteiger partial charge in [0.2, 0.25) is 0 Å². The summed E-state index contributed by atoms with van der Waals surface area (Å²) in [6.07, 6.45) is 7.23. The Labute approximate surface area is 167 Å². The number of hydrogen-bond acceptors (Lipinski definition) is 3. The highest BCUT2D eigenvalue weighted by Crippen LogP contribution is 2.26. The topological polar surface area (TPSA) is 53.6 Å². The fourth-order valence-corrected chi connectivity index (χ4v) is 3.45. The van der Waals surface area contributed by atoms with Crippen LogP contribution in [0.5, 0.6) is 0 Å². The molecule has 0 bridgehead atoms. The zero-order valence-corrected chi connectivity index (χ0v) is 16.1. The lowest BCUT2D eigenvalue weighted by molar-refractivity contribution is 1.00. The minimum Gasteiger partial charge on any atom is -0.370 e. The van der Waals surface area contributed by atoms with Gasteiger partial charge in [-0.2, -0.15) is 0 Å². The second kappa shape index (κ2) is 7.99. The normalized spacial score (nSPS) is 11.0. The third-order valence-corrected chi connectivity index (χ3v) is 5.02. The summed E-state index contributed by atoms with van der Waals surface area (Å²) in [5, 5.41) is 5.80. The van der Waals surface area contributed by atoms with Gasteiger partial charge < -0.3 is 10.3 Å². The summed E-state index contributed by atoms with van der Waals surface area (Å²) < 4.78 is 0. The van der Waals surface area contributed by atoms with Gasteiger partial charge in [-0.05, 0) is 47.4 Å². The minimum atomic E-state index is 0.713. The smallest absolute Gasteiger partial charge is 0.139 e. The Bertz CT molecular complexity index is 1040. The first-order valence-electron chi connectivity index (χ1n) is 8.73. The molecule has 6 heteroatoms. The zero-order chi connectivity index (χ0) is 18.6. The van der Waals surface area contributed by atoms with Gasteiger partial charge in [-0.15, -0.1) is 0 Å². The van der Waals surface area contributed by atoms with Crippen molar-refractivity contribution in [2.45, 2.75) is 12.8 Å². The molecule has 4 aromatic rings. The molecule has 0 saturated carbocycles. The highest BCUT2D eigenvalue weighted by molar-refractivity contribution is 6.35. The molecule has 1 aromatic carbocycles. The van der Waals surface area contributed by atoms with Crippen molar-refractivity contribution in [3.63, 3.8) is 0 Å². The Morgan fingerprint density at radius 2 is 1.74 bits per heavy atom. The molecule has 0 aliphatic heterocycles. The van der Waals surface area contributed by atoms with Crippen LogP contribution in [0.2, 0.25) is 10.0 Å². The van der Waals surface area contributed by atoms with Crippen molar-refractivity contribution >= 4 is 40.1 Å². The molecule has 0 saturated heterocycles. The van der Waals surface area contributed by atoms with Crippen molar-refractivity contribution in [1.29, 1.82) is 0 Å². The van der Waals surface area contributed by atoms with Crippen LogP contribution in [0.1, 0.15) is 16.7 Å². The molecule has 0 spiro atoms. The van der Waals surface area contributed by atoms with Crippen LogP contribution < -0.4 is 5.32 Å². The van der Waals surface area contributed by atoms with Gasteiger partial charge in [0.1, 0.15) is 11.5 Å². The van der Waals surface area contributed by atoms with Crippen molar-refractivity contribution in [3.05, 3.63) is 87.8 Å². The van der Waals surface area contributed by atoms with Crippen LogP contribution in [0.25, 0.3) is 11.0 Å². The molecular weight excluding hydrogens is 379 g/mol. The van der Waals surface area contributed by atoms with E-state index in [1.165, 1.54) is 5.56 Å². The molecular formula is C21H18Cl2N4. The van der Waals surface area contributed by atoms with E-state index in [0.29, 0.717) is 5.02 Å². The molecule has 0 aliphatic carbocycles. The SMILES string of the molecule is Clc1ccc(CCNc2ccc(Cc3c[nH]c4nccc(Cl)c34)cn2)cc1. The van der Waals surface area contributed by atoms with E-state index in [2.05, 4.69) is 26.3 Å². The molecule has 136 valence electrons. The highest BCUT2D eigenvalue weighted by atomic mass is 35.5. The number of benzene rings is 1. The second-order valence-corrected chi connectivity index (χ2v) is 7.21. The van der Waals surface area contributed by atoms with Gasteiger partial charge in [-0.25, -0.2) is 9.97 Å². The minimum absolute atomic E-state index is 0.713. The Hall–Kier alpha value is -2.56. The average molecular weight is 397 g/mol. The maximum Gasteiger partial charge on any atom is 0.139 e. The molecule has 27 heavy (non-hydrogen) atoms. The van der Waals surface area contributed by atoms with Crippen LogP contribution in [0.15, 0.2) is 61.1 Å². The summed E-state index contributed by atoms with van der Waals surface area (Å²) in [6, 6.07) is 13.8. The van der Waals surface area contributed by atoms with Crippen LogP contribution in [-0.2, 0) is 12.8 Å². The number of anilines is 1. The zero-order valence-electron chi connectivity index (χ0n) is 14.5. The number of pyridine rings is 2. The summed E-state index contributed by atoms with van der Waals surface area (Å²) in [7, 11) is 0. The van der Waals surface area contributed by atoms with Gasteiger partial charge >= 0.3 is 0 Å². The molecule has 0 atom stereocenters. The van der Waals surface area contributed by atoms with E-state index in [-0.39, 0.29) is 0 Å². The quantitative estimate of drug-likeness (QED) is 0.451. The molecule has 0 fully saturated rings. The number of nitrogens with zero attached hydrogens (tertiary/aromatic N) is 2. The fraction of sp³-hybridized carbons (Fsp3) is 0.143. The van der Waals surface area contributed by atoms with Gasteiger partial charge in [0, 0.05) is 42.0 Å². The van der Waals surface area contributed by atoms with Crippen molar-refractivity contribution in [2.75, 3.05) is 11.9 Å². The van der Waals surface area contributed by atoms with Crippen molar-refractivity contribution < 1.29 is 0 Å². The number of rotatable bonds is 6. The number of halogens is 2. The molecule has 0 aliphatic rings. The Morgan fingerprint density at radius 3 is 2.52 bits per heavy atom. The molecule has 4 nitrogen and oxygen atoms in total. The van der Waals surface area contributed by atoms with Crippen molar-refractivity contribution in [2.24, 2.45) is 0 Å². The van der Waals surface area contributed by atoms with Crippen LogP contribution in [0, 0.1) is 0 Å². The largest absolute Gasteiger partial charge is 0.370 e. The third-order valence-electron chi connectivity index (χ3n) is 4.46. The second-order valence-electron chi connectivity index (χ2n) is 6.36. The van der Waals surface area contributed by atoms with Gasteiger partial charge in [-0.1, -0.05) is 41.4 Å². The predicted molar refractivity (Wildman–Crippen MR) is 112 cm³/mol. The summed E-state index contributed by atoms with van der Waals surface area (Å²) in [4.78, 5) is 12.0. The van der Waals surface area contributed by atoms with Gasteiger partial charge in [-0.3, -0.25) is 0 Å². The summed E-state index contributed by atoms with van der Waals surface area (Å²) in [5.74, 6) is 0.867. The van der Waals surface area contributed by atoms with Gasteiger partial charge in [0.05, 0.1) is 5.02 Å². The number of hydrogen-bond donors (Lipinski definition) is 2. The van der Waals surface area contributed by atoms with Crippen molar-refractivity contribution in [1.82, 2.24) is 15.0 Å². The van der Waals surface area contributed by atoms with E-state index in [4.69, 9.17) is 23.2 Å². The highest BCUT2D eigenvalue weighted by Gasteiger charge is 2.09. The third kappa shape index (κ3) is 4.24. The summed E-state index contributed by atoms with van der Waals surface area (Å²) >= 11 is 12.2. The van der Waals surface area contributed by atoms with E-state index < -0.39 is 0 Å². The van der Waals surface area contributed by atoms with Crippen molar-refractivity contribution in [3.8, 4) is 0 Å². The van der Waals surface area contributed by atoms with Crippen LogP contribution in [-0.4, -0.2) is 21.5 Å². The maximum atomic E-state index is 6.32. The molecule has 4 rings (SSSR count).